The second kappa shape index (κ2) is 12.1. The topological polar surface area (TPSA) is 71.9 Å². The summed E-state index contributed by atoms with van der Waals surface area (Å²) in [6.07, 6.45) is 0.166. The Morgan fingerprint density at radius 2 is 1.82 bits per heavy atom. The standard InChI is InChI=1S/C28H29F5N2O4/c1-38-18-2-3-24-20(12-18)25(17(15-29)16-34-24)21(30)4-5-28(27(36)37)6-8-35(9-7-28)10-11-39-19-13-22(31)26(33)23(32)14-19/h2-3,12-14,16,21H,4-11,15H2,1H3,(H,36,37)/t21-/m1/s1. The van der Waals surface area contributed by atoms with Crippen molar-refractivity contribution in [3.63, 3.8) is 0 Å². The van der Waals surface area contributed by atoms with Gasteiger partial charge in [0.05, 0.1) is 18.0 Å². The van der Waals surface area contributed by atoms with Crippen molar-refractivity contribution in [1.29, 1.82) is 0 Å². The van der Waals surface area contributed by atoms with Crippen LogP contribution in [0.5, 0.6) is 11.5 Å². The number of alkyl halides is 2. The number of carboxylic acid groups (broad SMARTS) is 1. The summed E-state index contributed by atoms with van der Waals surface area (Å²) in [5.74, 6) is -4.96. The van der Waals surface area contributed by atoms with E-state index in [-0.39, 0.29) is 49.2 Å². The Morgan fingerprint density at radius 1 is 1.13 bits per heavy atom. The molecule has 0 spiro atoms. The van der Waals surface area contributed by atoms with Gasteiger partial charge in [-0.05, 0) is 57.0 Å². The number of piperidine rings is 1. The van der Waals surface area contributed by atoms with Gasteiger partial charge < -0.3 is 14.6 Å². The summed E-state index contributed by atoms with van der Waals surface area (Å²) in [7, 11) is 1.47. The number of halogens is 5. The maximum absolute atomic E-state index is 15.7. The number of hydrogen-bond donors (Lipinski definition) is 1. The zero-order valence-corrected chi connectivity index (χ0v) is 21.4. The Labute approximate surface area is 222 Å². The summed E-state index contributed by atoms with van der Waals surface area (Å²) in [6, 6.07) is 6.46. The third kappa shape index (κ3) is 6.24. The number of ether oxygens (including phenoxy) is 2. The predicted molar refractivity (Wildman–Crippen MR) is 134 cm³/mol. The molecule has 39 heavy (non-hydrogen) atoms. The van der Waals surface area contributed by atoms with Crippen LogP contribution in [-0.4, -0.2) is 54.3 Å². The molecule has 4 rings (SSSR count). The van der Waals surface area contributed by atoms with Crippen molar-refractivity contribution in [3.05, 3.63) is 65.1 Å². The molecular formula is C28H29F5N2O4. The van der Waals surface area contributed by atoms with E-state index in [1.807, 2.05) is 4.90 Å². The summed E-state index contributed by atoms with van der Waals surface area (Å²) < 4.78 is 79.8. The lowest BCUT2D eigenvalue weighted by Crippen LogP contribution is -2.45. The van der Waals surface area contributed by atoms with Crippen molar-refractivity contribution in [2.24, 2.45) is 5.41 Å². The highest BCUT2D eigenvalue weighted by atomic mass is 19.2. The van der Waals surface area contributed by atoms with Crippen LogP contribution in [0.15, 0.2) is 36.5 Å². The summed E-state index contributed by atoms with van der Waals surface area (Å²) in [5, 5.41) is 10.5. The maximum atomic E-state index is 15.7. The minimum absolute atomic E-state index is 0.0570. The third-order valence-electron chi connectivity index (χ3n) is 7.43. The van der Waals surface area contributed by atoms with Crippen LogP contribution in [0.4, 0.5) is 22.0 Å². The van der Waals surface area contributed by atoms with Crippen LogP contribution in [0.2, 0.25) is 0 Å². The van der Waals surface area contributed by atoms with E-state index in [4.69, 9.17) is 9.47 Å². The molecule has 1 saturated heterocycles. The fourth-order valence-corrected chi connectivity index (χ4v) is 5.07. The summed E-state index contributed by atoms with van der Waals surface area (Å²) in [4.78, 5) is 18.4. The molecule has 0 aliphatic carbocycles. The van der Waals surface area contributed by atoms with Crippen LogP contribution in [0.3, 0.4) is 0 Å². The van der Waals surface area contributed by atoms with E-state index in [2.05, 4.69) is 4.98 Å². The third-order valence-corrected chi connectivity index (χ3v) is 7.43. The lowest BCUT2D eigenvalue weighted by molar-refractivity contribution is -0.153. The van der Waals surface area contributed by atoms with E-state index < -0.39 is 41.7 Å². The van der Waals surface area contributed by atoms with Crippen LogP contribution in [0, 0.1) is 22.9 Å². The number of benzene rings is 2. The van der Waals surface area contributed by atoms with Crippen molar-refractivity contribution < 1.29 is 41.3 Å². The normalized spacial score (nSPS) is 16.3. The zero-order valence-electron chi connectivity index (χ0n) is 21.4. The Bertz CT molecular complexity index is 1300. The molecular weight excluding hydrogens is 523 g/mol. The lowest BCUT2D eigenvalue weighted by atomic mass is 9.74. The van der Waals surface area contributed by atoms with Crippen LogP contribution >= 0.6 is 0 Å². The number of likely N-dealkylation sites (tertiary alicyclic amines) is 1. The summed E-state index contributed by atoms with van der Waals surface area (Å²) in [6.45, 7) is 0.288. The first kappa shape index (κ1) is 28.5. The molecule has 0 unspecified atom stereocenters. The first-order valence-electron chi connectivity index (χ1n) is 12.6. The van der Waals surface area contributed by atoms with Gasteiger partial charge in [-0.15, -0.1) is 0 Å². The van der Waals surface area contributed by atoms with Crippen molar-refractivity contribution in [2.45, 2.75) is 38.5 Å². The molecule has 0 amide bonds. The fourth-order valence-electron chi connectivity index (χ4n) is 5.07. The van der Waals surface area contributed by atoms with E-state index in [0.29, 0.717) is 36.3 Å². The van der Waals surface area contributed by atoms with Gasteiger partial charge in [-0.3, -0.25) is 14.7 Å². The largest absolute Gasteiger partial charge is 0.497 e. The first-order chi connectivity index (χ1) is 18.7. The molecule has 210 valence electrons. The number of nitrogens with zero attached hydrogens (tertiary/aromatic N) is 2. The van der Waals surface area contributed by atoms with Gasteiger partial charge in [0.2, 0.25) is 0 Å². The Morgan fingerprint density at radius 3 is 2.44 bits per heavy atom. The molecule has 1 aromatic heterocycles. The average Bonchev–Trinajstić information content (AvgIpc) is 2.94. The molecule has 1 atom stereocenters. The quantitative estimate of drug-likeness (QED) is 0.227. The number of methoxy groups -OCH3 is 1. The average molecular weight is 553 g/mol. The molecule has 0 saturated carbocycles. The highest BCUT2D eigenvalue weighted by molar-refractivity contribution is 5.85. The van der Waals surface area contributed by atoms with Gasteiger partial charge in [0, 0.05) is 41.4 Å². The second-order valence-electron chi connectivity index (χ2n) is 9.70. The number of carboxylic acids is 1. The van der Waals surface area contributed by atoms with E-state index >= 15 is 4.39 Å². The van der Waals surface area contributed by atoms with Gasteiger partial charge in [-0.25, -0.2) is 22.0 Å². The van der Waals surface area contributed by atoms with E-state index in [9.17, 15) is 27.5 Å². The van der Waals surface area contributed by atoms with Crippen molar-refractivity contribution in [2.75, 3.05) is 33.4 Å². The number of hydrogen-bond acceptors (Lipinski definition) is 5. The number of aliphatic carboxylic acids is 1. The van der Waals surface area contributed by atoms with Crippen LogP contribution in [0.25, 0.3) is 10.9 Å². The Balaban J connectivity index is 1.38. The van der Waals surface area contributed by atoms with E-state index in [0.717, 1.165) is 12.1 Å². The highest BCUT2D eigenvalue weighted by Gasteiger charge is 2.42. The minimum Gasteiger partial charge on any atom is -0.497 e. The molecule has 1 N–H and O–H groups in total. The molecule has 0 bridgehead atoms. The Kier molecular flexibility index (Phi) is 8.89. The Hall–Kier alpha value is -3.47. The summed E-state index contributed by atoms with van der Waals surface area (Å²) >= 11 is 0. The number of fused-ring (bicyclic) bond motifs is 1. The van der Waals surface area contributed by atoms with Crippen molar-refractivity contribution >= 4 is 16.9 Å². The van der Waals surface area contributed by atoms with Gasteiger partial charge in [-0.1, -0.05) is 0 Å². The zero-order chi connectivity index (χ0) is 28.2. The second-order valence-corrected chi connectivity index (χ2v) is 9.70. The lowest BCUT2D eigenvalue weighted by Gasteiger charge is -2.39. The molecule has 3 aromatic rings. The molecule has 6 nitrogen and oxygen atoms in total. The molecule has 1 aliphatic rings. The van der Waals surface area contributed by atoms with Crippen LogP contribution in [-0.2, 0) is 11.5 Å². The minimum atomic E-state index is -1.60. The maximum Gasteiger partial charge on any atom is 0.309 e. The number of carbonyl (C=O) groups is 1. The smallest absolute Gasteiger partial charge is 0.309 e. The highest BCUT2D eigenvalue weighted by Crippen LogP contribution is 2.41. The molecule has 2 aromatic carbocycles. The van der Waals surface area contributed by atoms with Gasteiger partial charge in [0.15, 0.2) is 17.5 Å². The molecule has 2 heterocycles. The SMILES string of the molecule is COc1ccc2ncc(CF)c([C@H](F)CCC3(C(=O)O)CCN(CCOc4cc(F)c(F)c(F)c4)CC3)c2c1. The molecule has 0 radical (unpaired) electrons. The molecule has 11 heteroatoms. The van der Waals surface area contributed by atoms with Crippen LogP contribution < -0.4 is 9.47 Å². The van der Waals surface area contributed by atoms with Gasteiger partial charge in [0.25, 0.3) is 0 Å². The van der Waals surface area contributed by atoms with E-state index in [1.54, 1.807) is 18.2 Å². The van der Waals surface area contributed by atoms with E-state index in [1.165, 1.54) is 13.3 Å². The first-order valence-corrected chi connectivity index (χ1v) is 12.6. The monoisotopic (exact) mass is 552 g/mol. The summed E-state index contributed by atoms with van der Waals surface area (Å²) in [5.41, 5.74) is -0.393. The van der Waals surface area contributed by atoms with Gasteiger partial charge in [-0.2, -0.15) is 0 Å². The number of rotatable bonds is 11. The van der Waals surface area contributed by atoms with Gasteiger partial charge in [0.1, 0.15) is 31.0 Å². The fraction of sp³-hybridized carbons (Fsp3) is 0.429. The predicted octanol–water partition coefficient (Wildman–Crippen LogP) is 6.17. The number of pyridine rings is 1. The van der Waals surface area contributed by atoms with Crippen molar-refractivity contribution in [3.8, 4) is 11.5 Å². The molecule has 1 aliphatic heterocycles. The van der Waals surface area contributed by atoms with Crippen LogP contribution in [0.1, 0.15) is 43.0 Å². The number of aromatic nitrogens is 1. The van der Waals surface area contributed by atoms with Gasteiger partial charge >= 0.3 is 5.97 Å². The van der Waals surface area contributed by atoms with Crippen molar-refractivity contribution in [1.82, 2.24) is 9.88 Å². The molecule has 1 fully saturated rings.